The van der Waals surface area contributed by atoms with Crippen molar-refractivity contribution in [3.05, 3.63) is 78.9 Å². The largest absolute Gasteiger partial charge is 0.454 e. The predicted octanol–water partition coefficient (Wildman–Crippen LogP) is 3.87. The maximum atomic E-state index is 13.0. The summed E-state index contributed by atoms with van der Waals surface area (Å²) in [4.78, 5) is 23.4. The van der Waals surface area contributed by atoms with Gasteiger partial charge in [-0.15, -0.1) is 0 Å². The number of carbonyl (C=O) groups excluding carboxylic acids is 1. The van der Waals surface area contributed by atoms with E-state index in [0.717, 1.165) is 31.5 Å². The van der Waals surface area contributed by atoms with Gasteiger partial charge in [0.15, 0.2) is 5.75 Å². The second kappa shape index (κ2) is 8.63. The van der Waals surface area contributed by atoms with Crippen LogP contribution in [0.2, 0.25) is 0 Å². The summed E-state index contributed by atoms with van der Waals surface area (Å²) in [6, 6.07) is 14.9. The smallest absolute Gasteiger partial charge is 0.241 e. The molecule has 0 saturated carbocycles. The lowest BCUT2D eigenvalue weighted by Crippen LogP contribution is -2.39. The maximum absolute atomic E-state index is 13.0. The molecule has 1 saturated heterocycles. The lowest BCUT2D eigenvalue weighted by atomic mass is 10.1. The number of anilines is 1. The van der Waals surface area contributed by atoms with Crippen LogP contribution in [-0.4, -0.2) is 33.4 Å². The number of rotatable bonds is 6. The summed E-state index contributed by atoms with van der Waals surface area (Å²) >= 11 is 0. The Morgan fingerprint density at radius 2 is 1.89 bits per heavy atom. The van der Waals surface area contributed by atoms with Crippen molar-refractivity contribution in [1.29, 1.82) is 0 Å². The predicted molar refractivity (Wildman–Crippen MR) is 107 cm³/mol. The Morgan fingerprint density at radius 1 is 1.07 bits per heavy atom. The Morgan fingerprint density at radius 3 is 2.68 bits per heavy atom. The quantitative estimate of drug-likeness (QED) is 0.709. The van der Waals surface area contributed by atoms with Crippen molar-refractivity contribution in [1.82, 2.24) is 14.9 Å². The van der Waals surface area contributed by atoms with Crippen LogP contribution in [0, 0.1) is 0 Å². The normalized spacial score (nSPS) is 16.6. The zero-order valence-electron chi connectivity index (χ0n) is 15.5. The molecule has 1 aliphatic rings. The Balaban J connectivity index is 1.46. The number of nitrogens with zero attached hydrogens (tertiary/aromatic N) is 3. The molecular weight excluding hydrogens is 352 g/mol. The average Bonchev–Trinajstić information content (AvgIpc) is 3.19. The van der Waals surface area contributed by atoms with Crippen molar-refractivity contribution >= 4 is 11.6 Å². The van der Waals surface area contributed by atoms with Crippen molar-refractivity contribution in [3.8, 4) is 11.5 Å². The summed E-state index contributed by atoms with van der Waals surface area (Å²) in [7, 11) is 0. The third-order valence-corrected chi connectivity index (χ3v) is 4.78. The summed E-state index contributed by atoms with van der Waals surface area (Å²) in [5.74, 6) is 1.22. The molecule has 1 aromatic carbocycles. The fourth-order valence-corrected chi connectivity index (χ4v) is 3.45. The standard InChI is InChI=1S/C22H22N4O2/c27-22(20-9-5-13-26(20)16-17-6-3-11-23-14-17)25-19-8-1-2-10-21(19)28-18-7-4-12-24-15-18/h1-4,6-8,10-12,14-15,20H,5,9,13,16H2,(H,25,27)/t20-/m1/s1. The van der Waals surface area contributed by atoms with Gasteiger partial charge < -0.3 is 10.1 Å². The molecule has 6 heteroatoms. The summed E-state index contributed by atoms with van der Waals surface area (Å²) < 4.78 is 5.90. The molecule has 0 radical (unpaired) electrons. The minimum Gasteiger partial charge on any atom is -0.454 e. The number of para-hydroxylation sites is 2. The lowest BCUT2D eigenvalue weighted by Gasteiger charge is -2.24. The van der Waals surface area contributed by atoms with Gasteiger partial charge in [-0.2, -0.15) is 0 Å². The molecule has 1 atom stereocenters. The van der Waals surface area contributed by atoms with Gasteiger partial charge in [-0.25, -0.2) is 0 Å². The van der Waals surface area contributed by atoms with Crippen LogP contribution < -0.4 is 10.1 Å². The van der Waals surface area contributed by atoms with Gasteiger partial charge in [-0.1, -0.05) is 18.2 Å². The van der Waals surface area contributed by atoms with Crippen LogP contribution >= 0.6 is 0 Å². The van der Waals surface area contributed by atoms with Crippen LogP contribution in [0.4, 0.5) is 5.69 Å². The highest BCUT2D eigenvalue weighted by Gasteiger charge is 2.31. The average molecular weight is 374 g/mol. The number of nitrogens with one attached hydrogen (secondary N) is 1. The van der Waals surface area contributed by atoms with Gasteiger partial charge in [0, 0.05) is 25.1 Å². The third-order valence-electron chi connectivity index (χ3n) is 4.78. The first-order valence-electron chi connectivity index (χ1n) is 9.40. The van der Waals surface area contributed by atoms with Crippen molar-refractivity contribution in [2.75, 3.05) is 11.9 Å². The highest BCUT2D eigenvalue weighted by atomic mass is 16.5. The molecule has 1 N–H and O–H groups in total. The summed E-state index contributed by atoms with van der Waals surface area (Å²) in [5.41, 5.74) is 1.77. The van der Waals surface area contributed by atoms with Crippen LogP contribution in [0.3, 0.4) is 0 Å². The van der Waals surface area contributed by atoms with Crippen LogP contribution in [0.1, 0.15) is 18.4 Å². The van der Waals surface area contributed by atoms with Crippen LogP contribution in [0.5, 0.6) is 11.5 Å². The van der Waals surface area contributed by atoms with Gasteiger partial charge in [0.1, 0.15) is 5.75 Å². The number of carbonyl (C=O) groups is 1. The second-order valence-corrected chi connectivity index (χ2v) is 6.77. The number of hydrogen-bond donors (Lipinski definition) is 1. The van der Waals surface area contributed by atoms with E-state index >= 15 is 0 Å². The molecule has 0 bridgehead atoms. The molecule has 1 aliphatic heterocycles. The van der Waals surface area contributed by atoms with Crippen molar-refractivity contribution in [2.24, 2.45) is 0 Å². The zero-order chi connectivity index (χ0) is 19.2. The molecule has 1 fully saturated rings. The molecule has 0 unspecified atom stereocenters. The first kappa shape index (κ1) is 18.1. The van der Waals surface area contributed by atoms with E-state index in [2.05, 4.69) is 20.2 Å². The van der Waals surface area contributed by atoms with Crippen molar-refractivity contribution in [2.45, 2.75) is 25.4 Å². The molecule has 4 rings (SSSR count). The number of ether oxygens (including phenoxy) is 1. The van der Waals surface area contributed by atoms with Crippen molar-refractivity contribution in [3.63, 3.8) is 0 Å². The summed E-state index contributed by atoms with van der Waals surface area (Å²) in [6.45, 7) is 1.63. The Labute approximate surface area is 164 Å². The maximum Gasteiger partial charge on any atom is 0.241 e. The van der Waals surface area contributed by atoms with E-state index in [9.17, 15) is 4.79 Å². The molecule has 3 heterocycles. The topological polar surface area (TPSA) is 67.3 Å². The number of likely N-dealkylation sites (tertiary alicyclic amines) is 1. The number of hydrogen-bond acceptors (Lipinski definition) is 5. The molecular formula is C22H22N4O2. The molecule has 0 spiro atoms. The number of amides is 1. The molecule has 0 aliphatic carbocycles. The first-order valence-corrected chi connectivity index (χ1v) is 9.40. The highest BCUT2D eigenvalue weighted by Crippen LogP contribution is 2.30. The molecule has 2 aromatic heterocycles. The monoisotopic (exact) mass is 374 g/mol. The van der Waals surface area contributed by atoms with E-state index in [-0.39, 0.29) is 11.9 Å². The third kappa shape index (κ3) is 4.35. The van der Waals surface area contributed by atoms with Gasteiger partial charge in [-0.05, 0) is 55.3 Å². The van der Waals surface area contributed by atoms with E-state index < -0.39 is 0 Å². The highest BCUT2D eigenvalue weighted by molar-refractivity contribution is 5.96. The van der Waals surface area contributed by atoms with Crippen LogP contribution in [0.15, 0.2) is 73.3 Å². The zero-order valence-corrected chi connectivity index (χ0v) is 15.5. The van der Waals surface area contributed by atoms with E-state index in [1.807, 2.05) is 54.7 Å². The number of benzene rings is 1. The van der Waals surface area contributed by atoms with E-state index in [0.29, 0.717) is 17.2 Å². The fourth-order valence-electron chi connectivity index (χ4n) is 3.45. The van der Waals surface area contributed by atoms with Crippen LogP contribution in [0.25, 0.3) is 0 Å². The van der Waals surface area contributed by atoms with Gasteiger partial charge in [0.2, 0.25) is 5.91 Å². The Bertz CT molecular complexity index is 918. The molecule has 1 amide bonds. The van der Waals surface area contributed by atoms with Gasteiger partial charge >= 0.3 is 0 Å². The van der Waals surface area contributed by atoms with E-state index in [1.165, 1.54) is 0 Å². The van der Waals surface area contributed by atoms with E-state index in [1.54, 1.807) is 18.6 Å². The molecule has 28 heavy (non-hydrogen) atoms. The van der Waals surface area contributed by atoms with Crippen molar-refractivity contribution < 1.29 is 9.53 Å². The van der Waals surface area contributed by atoms with Gasteiger partial charge in [-0.3, -0.25) is 19.7 Å². The summed E-state index contributed by atoms with van der Waals surface area (Å²) in [5, 5.41) is 3.05. The first-order chi connectivity index (χ1) is 13.8. The van der Waals surface area contributed by atoms with Crippen LogP contribution in [-0.2, 0) is 11.3 Å². The number of pyridine rings is 2. The SMILES string of the molecule is O=C(Nc1ccccc1Oc1cccnc1)[C@H]1CCCN1Cc1cccnc1. The molecule has 142 valence electrons. The summed E-state index contributed by atoms with van der Waals surface area (Å²) in [6.07, 6.45) is 8.80. The Kier molecular flexibility index (Phi) is 5.58. The number of aromatic nitrogens is 2. The minimum absolute atomic E-state index is 0.0105. The minimum atomic E-state index is -0.161. The fraction of sp³-hybridized carbons (Fsp3) is 0.227. The molecule has 3 aromatic rings. The van der Waals surface area contributed by atoms with Gasteiger partial charge in [0.25, 0.3) is 0 Å². The second-order valence-electron chi connectivity index (χ2n) is 6.77. The molecule has 6 nitrogen and oxygen atoms in total. The lowest BCUT2D eigenvalue weighted by molar-refractivity contribution is -0.120. The Hall–Kier alpha value is -3.25. The van der Waals surface area contributed by atoms with Gasteiger partial charge in [0.05, 0.1) is 17.9 Å². The van der Waals surface area contributed by atoms with E-state index in [4.69, 9.17) is 4.74 Å².